The van der Waals surface area contributed by atoms with Gasteiger partial charge in [0.1, 0.15) is 5.75 Å². The first-order valence-corrected chi connectivity index (χ1v) is 4.76. The fourth-order valence-corrected chi connectivity index (χ4v) is 1.21. The lowest BCUT2D eigenvalue weighted by Gasteiger charge is -1.94. The number of aromatic nitrogens is 2. The standard InChI is InChI=1S/C12H10N2O2/c15-11-5-2-9(3-6-11)1-4-10-7-14-12(16)8-13-10/h1-8,15H,(H,14,16)/b4-1+. The van der Waals surface area contributed by atoms with Gasteiger partial charge in [-0.25, -0.2) is 4.98 Å². The number of nitrogens with zero attached hydrogens (tertiary/aromatic N) is 1. The molecule has 0 aliphatic rings. The van der Waals surface area contributed by atoms with Gasteiger partial charge in [-0.05, 0) is 23.8 Å². The number of phenolic OH excluding ortho intramolecular Hbond substituents is 1. The Hall–Kier alpha value is -2.36. The smallest absolute Gasteiger partial charge is 0.266 e. The molecule has 0 saturated carbocycles. The van der Waals surface area contributed by atoms with Crippen LogP contribution < -0.4 is 5.56 Å². The van der Waals surface area contributed by atoms with Crippen LogP contribution in [0.15, 0.2) is 41.5 Å². The van der Waals surface area contributed by atoms with Crippen LogP contribution in [0.25, 0.3) is 12.2 Å². The average Bonchev–Trinajstić information content (AvgIpc) is 2.30. The zero-order valence-electron chi connectivity index (χ0n) is 8.42. The van der Waals surface area contributed by atoms with Crippen molar-refractivity contribution >= 4 is 12.2 Å². The predicted molar refractivity (Wildman–Crippen MR) is 61.9 cm³/mol. The molecule has 4 nitrogen and oxygen atoms in total. The summed E-state index contributed by atoms with van der Waals surface area (Å²) in [6.07, 6.45) is 6.40. The van der Waals surface area contributed by atoms with Gasteiger partial charge < -0.3 is 10.1 Å². The second kappa shape index (κ2) is 4.44. The molecule has 0 aliphatic carbocycles. The molecule has 4 heteroatoms. The maximum atomic E-state index is 10.8. The van der Waals surface area contributed by atoms with Gasteiger partial charge in [0, 0.05) is 6.20 Å². The van der Waals surface area contributed by atoms with E-state index in [2.05, 4.69) is 9.97 Å². The quantitative estimate of drug-likeness (QED) is 0.798. The number of hydrogen-bond donors (Lipinski definition) is 2. The van der Waals surface area contributed by atoms with Gasteiger partial charge in [-0.2, -0.15) is 0 Å². The number of nitrogens with one attached hydrogen (secondary N) is 1. The van der Waals surface area contributed by atoms with Gasteiger partial charge in [0.05, 0.1) is 11.9 Å². The van der Waals surface area contributed by atoms with E-state index < -0.39 is 0 Å². The van der Waals surface area contributed by atoms with Crippen LogP contribution in [-0.4, -0.2) is 15.1 Å². The van der Waals surface area contributed by atoms with Crippen molar-refractivity contribution < 1.29 is 5.11 Å². The molecular weight excluding hydrogens is 204 g/mol. The van der Waals surface area contributed by atoms with Crippen molar-refractivity contribution in [1.82, 2.24) is 9.97 Å². The first kappa shape index (κ1) is 10.2. The maximum Gasteiger partial charge on any atom is 0.266 e. The summed E-state index contributed by atoms with van der Waals surface area (Å²) in [4.78, 5) is 17.2. The van der Waals surface area contributed by atoms with Crippen molar-refractivity contribution in [2.75, 3.05) is 0 Å². The van der Waals surface area contributed by atoms with Crippen molar-refractivity contribution in [3.63, 3.8) is 0 Å². The Balaban J connectivity index is 2.18. The van der Waals surface area contributed by atoms with E-state index in [1.807, 2.05) is 6.08 Å². The van der Waals surface area contributed by atoms with E-state index in [0.717, 1.165) is 5.56 Å². The number of rotatable bonds is 2. The van der Waals surface area contributed by atoms with Crippen molar-refractivity contribution in [2.45, 2.75) is 0 Å². The van der Waals surface area contributed by atoms with E-state index >= 15 is 0 Å². The van der Waals surface area contributed by atoms with Crippen LogP contribution in [0.5, 0.6) is 5.75 Å². The van der Waals surface area contributed by atoms with Crippen molar-refractivity contribution in [2.24, 2.45) is 0 Å². The minimum absolute atomic E-state index is 0.221. The number of H-pyrrole nitrogens is 1. The van der Waals surface area contributed by atoms with Crippen LogP contribution in [0.1, 0.15) is 11.3 Å². The lowest BCUT2D eigenvalue weighted by Crippen LogP contribution is -2.04. The van der Waals surface area contributed by atoms with Crippen molar-refractivity contribution in [1.29, 1.82) is 0 Å². The monoisotopic (exact) mass is 214 g/mol. The molecule has 0 amide bonds. The summed E-state index contributed by atoms with van der Waals surface area (Å²) in [7, 11) is 0. The molecule has 0 fully saturated rings. The molecule has 0 atom stereocenters. The number of benzene rings is 1. The minimum atomic E-state index is -0.221. The highest BCUT2D eigenvalue weighted by atomic mass is 16.3. The third-order valence-corrected chi connectivity index (χ3v) is 2.03. The zero-order valence-corrected chi connectivity index (χ0v) is 8.42. The van der Waals surface area contributed by atoms with Gasteiger partial charge in [0.2, 0.25) is 0 Å². The molecule has 0 bridgehead atoms. The first-order valence-electron chi connectivity index (χ1n) is 4.76. The Morgan fingerprint density at radius 2 is 1.94 bits per heavy atom. The third kappa shape index (κ3) is 2.57. The van der Waals surface area contributed by atoms with Crippen LogP contribution in [0.4, 0.5) is 0 Å². The number of aromatic hydroxyl groups is 1. The SMILES string of the molecule is O=c1cnc(/C=C/c2ccc(O)cc2)c[nH]1. The Morgan fingerprint density at radius 3 is 2.56 bits per heavy atom. The van der Waals surface area contributed by atoms with Crippen LogP contribution >= 0.6 is 0 Å². The number of aromatic amines is 1. The van der Waals surface area contributed by atoms with E-state index in [9.17, 15) is 4.79 Å². The Bertz CT molecular complexity index is 535. The van der Waals surface area contributed by atoms with Crippen molar-refractivity contribution in [3.05, 3.63) is 58.3 Å². The normalized spacial score (nSPS) is 10.8. The lowest BCUT2D eigenvalue weighted by atomic mass is 10.2. The van der Waals surface area contributed by atoms with Gasteiger partial charge in [0.25, 0.3) is 5.56 Å². The molecule has 2 aromatic rings. The Labute approximate surface area is 91.9 Å². The number of phenols is 1. The van der Waals surface area contributed by atoms with Crippen LogP contribution in [0.3, 0.4) is 0 Å². The molecule has 0 saturated heterocycles. The molecular formula is C12H10N2O2. The zero-order chi connectivity index (χ0) is 11.4. The topological polar surface area (TPSA) is 66.0 Å². The Morgan fingerprint density at radius 1 is 1.19 bits per heavy atom. The summed E-state index contributed by atoms with van der Waals surface area (Å²) >= 11 is 0. The molecule has 1 heterocycles. The van der Waals surface area contributed by atoms with E-state index in [0.29, 0.717) is 5.69 Å². The van der Waals surface area contributed by atoms with Gasteiger partial charge in [-0.3, -0.25) is 4.79 Å². The molecule has 2 rings (SSSR count). The Kier molecular flexibility index (Phi) is 2.82. The summed E-state index contributed by atoms with van der Waals surface area (Å²) < 4.78 is 0. The average molecular weight is 214 g/mol. The second-order valence-electron chi connectivity index (χ2n) is 3.26. The highest BCUT2D eigenvalue weighted by Gasteiger charge is 1.90. The van der Waals surface area contributed by atoms with E-state index in [1.54, 1.807) is 36.5 Å². The van der Waals surface area contributed by atoms with E-state index in [-0.39, 0.29) is 11.3 Å². The van der Waals surface area contributed by atoms with Gasteiger partial charge >= 0.3 is 0 Å². The first-order chi connectivity index (χ1) is 7.74. The largest absolute Gasteiger partial charge is 0.508 e. The molecule has 0 spiro atoms. The number of hydrogen-bond acceptors (Lipinski definition) is 3. The highest BCUT2D eigenvalue weighted by molar-refractivity contribution is 5.67. The molecule has 2 N–H and O–H groups in total. The van der Waals surface area contributed by atoms with Gasteiger partial charge in [-0.15, -0.1) is 0 Å². The van der Waals surface area contributed by atoms with Crippen LogP contribution in [0, 0.1) is 0 Å². The fraction of sp³-hybridized carbons (Fsp3) is 0. The summed E-state index contributed by atoms with van der Waals surface area (Å²) in [6.45, 7) is 0. The fourth-order valence-electron chi connectivity index (χ4n) is 1.21. The molecule has 80 valence electrons. The molecule has 16 heavy (non-hydrogen) atoms. The van der Waals surface area contributed by atoms with Crippen molar-refractivity contribution in [3.8, 4) is 5.75 Å². The molecule has 0 aliphatic heterocycles. The van der Waals surface area contributed by atoms with Gasteiger partial charge in [0.15, 0.2) is 0 Å². The van der Waals surface area contributed by atoms with Crippen LogP contribution in [-0.2, 0) is 0 Å². The summed E-state index contributed by atoms with van der Waals surface area (Å²) in [5, 5.41) is 9.10. The summed E-state index contributed by atoms with van der Waals surface area (Å²) in [6, 6.07) is 6.80. The third-order valence-electron chi connectivity index (χ3n) is 2.03. The van der Waals surface area contributed by atoms with Crippen LogP contribution in [0.2, 0.25) is 0 Å². The maximum absolute atomic E-state index is 10.8. The molecule has 1 aromatic carbocycles. The molecule has 0 unspecified atom stereocenters. The summed E-state index contributed by atoms with van der Waals surface area (Å²) in [5.74, 6) is 0.235. The minimum Gasteiger partial charge on any atom is -0.508 e. The van der Waals surface area contributed by atoms with E-state index in [1.165, 1.54) is 6.20 Å². The van der Waals surface area contributed by atoms with E-state index in [4.69, 9.17) is 5.11 Å². The second-order valence-corrected chi connectivity index (χ2v) is 3.26. The molecule has 1 aromatic heterocycles. The highest BCUT2D eigenvalue weighted by Crippen LogP contribution is 2.11. The lowest BCUT2D eigenvalue weighted by molar-refractivity contribution is 0.475. The van der Waals surface area contributed by atoms with Gasteiger partial charge in [-0.1, -0.05) is 18.2 Å². The summed E-state index contributed by atoms with van der Waals surface area (Å²) in [5.41, 5.74) is 1.40. The molecule has 0 radical (unpaired) electrons. The predicted octanol–water partition coefficient (Wildman–Crippen LogP) is 1.65.